The van der Waals surface area contributed by atoms with Gasteiger partial charge in [-0.1, -0.05) is 41.9 Å². The van der Waals surface area contributed by atoms with E-state index in [0.717, 1.165) is 16.9 Å². The average Bonchev–Trinajstić information content (AvgIpc) is 2.74. The number of hydrazone groups is 1. The number of carbonyl (C=O) groups excluding carboxylic acids is 1. The average molecular weight is 395 g/mol. The van der Waals surface area contributed by atoms with Gasteiger partial charge in [0.25, 0.3) is 5.91 Å². The third-order valence-electron chi connectivity index (χ3n) is 3.93. The Hall–Kier alpha value is -3.31. The minimum atomic E-state index is -0.317. The number of benzene rings is 3. The van der Waals surface area contributed by atoms with E-state index in [0.29, 0.717) is 22.9 Å². The summed E-state index contributed by atoms with van der Waals surface area (Å²) in [5, 5.41) is 4.51. The summed E-state index contributed by atoms with van der Waals surface area (Å²) >= 11 is 6.04. The molecule has 1 amide bonds. The quantitative estimate of drug-likeness (QED) is 0.467. The van der Waals surface area contributed by atoms with Crippen molar-refractivity contribution in [2.24, 2.45) is 5.10 Å². The number of carbonyl (C=O) groups is 1. The van der Waals surface area contributed by atoms with Gasteiger partial charge in [0.2, 0.25) is 0 Å². The van der Waals surface area contributed by atoms with Crippen molar-refractivity contribution in [1.82, 2.24) is 5.43 Å². The summed E-state index contributed by atoms with van der Waals surface area (Å²) in [5.41, 5.74) is 4.68. The van der Waals surface area contributed by atoms with Crippen molar-refractivity contribution in [1.29, 1.82) is 0 Å². The van der Waals surface area contributed by atoms with E-state index in [1.807, 2.05) is 42.5 Å². The highest BCUT2D eigenvalue weighted by molar-refractivity contribution is 6.33. The zero-order chi connectivity index (χ0) is 19.8. The van der Waals surface area contributed by atoms with E-state index in [4.69, 9.17) is 21.1 Å². The maximum Gasteiger partial charge on any atom is 0.271 e. The Morgan fingerprint density at radius 2 is 1.82 bits per heavy atom. The molecule has 0 aliphatic heterocycles. The van der Waals surface area contributed by atoms with Crippen LogP contribution in [0.2, 0.25) is 5.02 Å². The highest BCUT2D eigenvalue weighted by atomic mass is 35.5. The third kappa shape index (κ3) is 5.34. The largest absolute Gasteiger partial charge is 0.497 e. The molecule has 3 rings (SSSR count). The predicted octanol–water partition coefficient (Wildman–Crippen LogP) is 4.69. The summed E-state index contributed by atoms with van der Waals surface area (Å²) in [5.74, 6) is 1.13. The van der Waals surface area contributed by atoms with Gasteiger partial charge in [-0.15, -0.1) is 0 Å². The van der Waals surface area contributed by atoms with Crippen LogP contribution in [0.4, 0.5) is 0 Å². The molecule has 0 saturated heterocycles. The lowest BCUT2D eigenvalue weighted by Crippen LogP contribution is -2.17. The summed E-state index contributed by atoms with van der Waals surface area (Å²) < 4.78 is 10.9. The van der Waals surface area contributed by atoms with Crippen LogP contribution >= 0.6 is 11.6 Å². The number of ether oxygens (including phenoxy) is 2. The second-order valence-corrected chi connectivity index (χ2v) is 6.29. The van der Waals surface area contributed by atoms with Crippen LogP contribution in [0.5, 0.6) is 11.5 Å². The van der Waals surface area contributed by atoms with Crippen LogP contribution in [-0.4, -0.2) is 19.2 Å². The van der Waals surface area contributed by atoms with Crippen molar-refractivity contribution in [3.8, 4) is 11.5 Å². The Labute approximate surface area is 168 Å². The topological polar surface area (TPSA) is 59.9 Å². The van der Waals surface area contributed by atoms with E-state index >= 15 is 0 Å². The maximum absolute atomic E-state index is 12.2. The molecule has 0 aromatic heterocycles. The Balaban J connectivity index is 1.54. The molecule has 0 aliphatic rings. The lowest BCUT2D eigenvalue weighted by atomic mass is 10.2. The molecule has 3 aromatic carbocycles. The molecule has 0 bridgehead atoms. The fraction of sp³-hybridized carbons (Fsp3) is 0.0909. The molecule has 142 valence electrons. The maximum atomic E-state index is 12.2. The van der Waals surface area contributed by atoms with E-state index in [-0.39, 0.29) is 5.91 Å². The van der Waals surface area contributed by atoms with Gasteiger partial charge in [0.1, 0.15) is 18.1 Å². The molecule has 0 radical (unpaired) electrons. The number of nitrogens with zero attached hydrogens (tertiary/aromatic N) is 1. The first-order valence-corrected chi connectivity index (χ1v) is 8.97. The van der Waals surface area contributed by atoms with E-state index in [1.54, 1.807) is 37.4 Å². The van der Waals surface area contributed by atoms with Gasteiger partial charge in [-0.05, 0) is 48.0 Å². The highest BCUT2D eigenvalue weighted by Crippen LogP contribution is 2.17. The van der Waals surface area contributed by atoms with Crippen LogP contribution in [0.25, 0.3) is 0 Å². The molecular weight excluding hydrogens is 376 g/mol. The summed E-state index contributed by atoms with van der Waals surface area (Å²) in [4.78, 5) is 12.2. The fourth-order valence-electron chi connectivity index (χ4n) is 2.44. The molecule has 0 spiro atoms. The monoisotopic (exact) mass is 394 g/mol. The van der Waals surface area contributed by atoms with Crippen molar-refractivity contribution in [3.63, 3.8) is 0 Å². The second kappa shape index (κ2) is 9.58. The summed E-state index contributed by atoms with van der Waals surface area (Å²) in [7, 11) is 1.63. The van der Waals surface area contributed by atoms with Crippen LogP contribution in [0, 0.1) is 0 Å². The van der Waals surface area contributed by atoms with Gasteiger partial charge in [-0.25, -0.2) is 5.43 Å². The smallest absolute Gasteiger partial charge is 0.271 e. The molecule has 0 fully saturated rings. The molecule has 0 unspecified atom stereocenters. The highest BCUT2D eigenvalue weighted by Gasteiger charge is 2.05. The van der Waals surface area contributed by atoms with Crippen LogP contribution in [0.1, 0.15) is 21.5 Å². The first-order valence-electron chi connectivity index (χ1n) is 8.59. The molecule has 5 nitrogen and oxygen atoms in total. The Morgan fingerprint density at radius 3 is 2.57 bits per heavy atom. The molecule has 0 saturated carbocycles. The molecular formula is C22H19ClN2O3. The molecule has 0 aliphatic carbocycles. The number of hydrogen-bond acceptors (Lipinski definition) is 4. The number of hydrogen-bond donors (Lipinski definition) is 1. The van der Waals surface area contributed by atoms with Gasteiger partial charge in [0, 0.05) is 16.1 Å². The van der Waals surface area contributed by atoms with E-state index in [2.05, 4.69) is 10.5 Å². The first kappa shape index (κ1) is 19.5. The lowest BCUT2D eigenvalue weighted by molar-refractivity contribution is 0.0955. The van der Waals surface area contributed by atoms with Crippen molar-refractivity contribution in [3.05, 3.63) is 94.5 Å². The van der Waals surface area contributed by atoms with Crippen molar-refractivity contribution < 1.29 is 14.3 Å². The molecule has 3 aromatic rings. The lowest BCUT2D eigenvalue weighted by Gasteiger charge is -2.08. The van der Waals surface area contributed by atoms with Gasteiger partial charge in [-0.3, -0.25) is 4.79 Å². The number of methoxy groups -OCH3 is 1. The zero-order valence-corrected chi connectivity index (χ0v) is 16.0. The van der Waals surface area contributed by atoms with Crippen molar-refractivity contribution in [2.75, 3.05) is 7.11 Å². The number of halogens is 1. The van der Waals surface area contributed by atoms with Crippen LogP contribution in [-0.2, 0) is 6.61 Å². The number of nitrogens with one attached hydrogen (secondary N) is 1. The van der Waals surface area contributed by atoms with Crippen molar-refractivity contribution in [2.45, 2.75) is 6.61 Å². The molecule has 1 N–H and O–H groups in total. The predicted molar refractivity (Wildman–Crippen MR) is 110 cm³/mol. The normalized spacial score (nSPS) is 10.6. The van der Waals surface area contributed by atoms with E-state index in [1.165, 1.54) is 6.21 Å². The van der Waals surface area contributed by atoms with Gasteiger partial charge in [0.05, 0.1) is 13.3 Å². The summed E-state index contributed by atoms with van der Waals surface area (Å²) in [6, 6.07) is 21.8. The van der Waals surface area contributed by atoms with Gasteiger partial charge in [-0.2, -0.15) is 5.10 Å². The van der Waals surface area contributed by atoms with Gasteiger partial charge in [0.15, 0.2) is 0 Å². The molecule has 28 heavy (non-hydrogen) atoms. The Morgan fingerprint density at radius 1 is 1.04 bits per heavy atom. The number of rotatable bonds is 7. The second-order valence-electron chi connectivity index (χ2n) is 5.89. The molecule has 6 heteroatoms. The minimum absolute atomic E-state index is 0.317. The van der Waals surface area contributed by atoms with Gasteiger partial charge >= 0.3 is 0 Å². The minimum Gasteiger partial charge on any atom is -0.497 e. The zero-order valence-electron chi connectivity index (χ0n) is 15.3. The van der Waals surface area contributed by atoms with Crippen LogP contribution in [0.3, 0.4) is 0 Å². The van der Waals surface area contributed by atoms with Gasteiger partial charge < -0.3 is 9.47 Å². The molecule has 0 heterocycles. The van der Waals surface area contributed by atoms with E-state index < -0.39 is 0 Å². The Bertz CT molecular complexity index is 972. The first-order chi connectivity index (χ1) is 13.7. The third-order valence-corrected chi connectivity index (χ3v) is 4.28. The summed E-state index contributed by atoms with van der Waals surface area (Å²) in [6.07, 6.45) is 1.51. The number of amides is 1. The fourth-order valence-corrected chi connectivity index (χ4v) is 2.62. The Kier molecular flexibility index (Phi) is 6.65. The standard InChI is InChI=1S/C22H19ClN2O3/c1-27-20-7-4-5-16(13-20)15-28-19-11-9-17(10-12-19)22(26)25-24-14-18-6-2-3-8-21(18)23/h2-14H,15H2,1H3,(H,25,26). The van der Waals surface area contributed by atoms with Crippen LogP contribution < -0.4 is 14.9 Å². The van der Waals surface area contributed by atoms with Crippen molar-refractivity contribution >= 4 is 23.7 Å². The summed E-state index contributed by atoms with van der Waals surface area (Å²) in [6.45, 7) is 0.408. The molecule has 0 atom stereocenters. The van der Waals surface area contributed by atoms with Crippen LogP contribution in [0.15, 0.2) is 77.9 Å². The SMILES string of the molecule is COc1cccc(COc2ccc(C(=O)NN=Cc3ccccc3Cl)cc2)c1. The van der Waals surface area contributed by atoms with E-state index in [9.17, 15) is 4.79 Å².